The van der Waals surface area contributed by atoms with Crippen molar-refractivity contribution < 1.29 is 14.5 Å². The molecule has 0 radical (unpaired) electrons. The highest BCUT2D eigenvalue weighted by Gasteiger charge is 2.21. The summed E-state index contributed by atoms with van der Waals surface area (Å²) >= 11 is 5.83. The summed E-state index contributed by atoms with van der Waals surface area (Å²) in [5.74, 6) is -1.13. The highest BCUT2D eigenvalue weighted by Crippen LogP contribution is 2.22. The Labute approximate surface area is 165 Å². The van der Waals surface area contributed by atoms with Gasteiger partial charge in [-0.2, -0.15) is 0 Å². The van der Waals surface area contributed by atoms with Gasteiger partial charge in [-0.3, -0.25) is 19.7 Å². The van der Waals surface area contributed by atoms with E-state index in [0.717, 1.165) is 0 Å². The first kappa shape index (κ1) is 19.1. The molecule has 2 N–H and O–H groups in total. The van der Waals surface area contributed by atoms with E-state index < -0.39 is 16.7 Å². The third-order valence-corrected chi connectivity index (χ3v) is 4.12. The van der Waals surface area contributed by atoms with Gasteiger partial charge in [0.05, 0.1) is 16.2 Å². The fourth-order valence-electron chi connectivity index (χ4n) is 2.54. The van der Waals surface area contributed by atoms with Gasteiger partial charge in [0, 0.05) is 16.8 Å². The average Bonchev–Trinajstić information content (AvgIpc) is 2.70. The number of amides is 2. The predicted molar refractivity (Wildman–Crippen MR) is 107 cm³/mol. The first-order valence-corrected chi connectivity index (χ1v) is 8.54. The Morgan fingerprint density at radius 3 is 2.04 bits per heavy atom. The lowest BCUT2D eigenvalue weighted by atomic mass is 10.1. The maximum atomic E-state index is 12.6. The Kier molecular flexibility index (Phi) is 5.67. The molecule has 3 aromatic rings. The van der Waals surface area contributed by atoms with Crippen LogP contribution in [0.4, 0.5) is 17.1 Å². The van der Waals surface area contributed by atoms with Crippen molar-refractivity contribution in [3.63, 3.8) is 0 Å². The van der Waals surface area contributed by atoms with E-state index in [1.807, 2.05) is 0 Å². The van der Waals surface area contributed by atoms with Crippen molar-refractivity contribution in [1.29, 1.82) is 0 Å². The normalized spacial score (nSPS) is 10.2. The van der Waals surface area contributed by atoms with Crippen LogP contribution in [-0.2, 0) is 0 Å². The third-order valence-electron chi connectivity index (χ3n) is 3.87. The van der Waals surface area contributed by atoms with Gasteiger partial charge in [0.2, 0.25) is 0 Å². The van der Waals surface area contributed by atoms with Crippen molar-refractivity contribution in [2.45, 2.75) is 0 Å². The van der Waals surface area contributed by atoms with Gasteiger partial charge in [-0.1, -0.05) is 35.9 Å². The first-order chi connectivity index (χ1) is 13.5. The summed E-state index contributed by atoms with van der Waals surface area (Å²) in [5.41, 5.74) is 0.569. The number of benzene rings is 3. The van der Waals surface area contributed by atoms with Crippen LogP contribution in [0, 0.1) is 10.1 Å². The number of hydrogen-bond donors (Lipinski definition) is 2. The molecule has 0 heterocycles. The van der Waals surface area contributed by atoms with Crippen molar-refractivity contribution >= 4 is 40.5 Å². The molecule has 0 aromatic heterocycles. The summed E-state index contributed by atoms with van der Waals surface area (Å²) in [7, 11) is 0. The predicted octanol–water partition coefficient (Wildman–Crippen LogP) is 4.75. The van der Waals surface area contributed by atoms with Gasteiger partial charge in [-0.25, -0.2) is 0 Å². The van der Waals surface area contributed by atoms with Gasteiger partial charge >= 0.3 is 0 Å². The minimum absolute atomic E-state index is 0.0968. The van der Waals surface area contributed by atoms with E-state index >= 15 is 0 Å². The summed E-state index contributed by atoms with van der Waals surface area (Å²) in [4.78, 5) is 35.7. The van der Waals surface area contributed by atoms with Gasteiger partial charge in [0.25, 0.3) is 17.5 Å². The van der Waals surface area contributed by atoms with Crippen LogP contribution in [0.3, 0.4) is 0 Å². The van der Waals surface area contributed by atoms with Crippen molar-refractivity contribution in [2.75, 3.05) is 10.6 Å². The van der Waals surface area contributed by atoms with Crippen molar-refractivity contribution in [2.24, 2.45) is 0 Å². The Hall–Kier alpha value is -3.71. The molecule has 0 aliphatic heterocycles. The van der Waals surface area contributed by atoms with Gasteiger partial charge < -0.3 is 10.6 Å². The van der Waals surface area contributed by atoms with Crippen LogP contribution in [0.2, 0.25) is 5.02 Å². The third kappa shape index (κ3) is 4.33. The molecule has 28 heavy (non-hydrogen) atoms. The number of nitro groups is 1. The lowest BCUT2D eigenvalue weighted by Crippen LogP contribution is -2.19. The minimum Gasteiger partial charge on any atom is -0.322 e. The van der Waals surface area contributed by atoms with E-state index in [1.54, 1.807) is 48.5 Å². The molecule has 0 aliphatic carbocycles. The highest BCUT2D eigenvalue weighted by molar-refractivity contribution is 6.30. The standard InChI is InChI=1S/C20H14ClN3O4/c21-13-9-11-14(12-10-13)22-19(25)15-5-1-3-7-17(15)23-20(26)16-6-2-4-8-18(16)24(27)28/h1-12H,(H,22,25)(H,23,26). The molecule has 8 heteroatoms. The summed E-state index contributed by atoms with van der Waals surface area (Å²) in [6.07, 6.45) is 0. The molecule has 0 saturated heterocycles. The van der Waals surface area contributed by atoms with Gasteiger partial charge in [0.1, 0.15) is 5.56 Å². The van der Waals surface area contributed by atoms with Crippen molar-refractivity contribution in [1.82, 2.24) is 0 Å². The summed E-state index contributed by atoms with van der Waals surface area (Å²) in [6.45, 7) is 0. The zero-order chi connectivity index (χ0) is 20.1. The molecule has 0 atom stereocenters. The summed E-state index contributed by atoms with van der Waals surface area (Å²) in [5, 5.41) is 17.0. The number of anilines is 2. The molecule has 2 amide bonds. The van der Waals surface area contributed by atoms with E-state index in [2.05, 4.69) is 10.6 Å². The second kappa shape index (κ2) is 8.32. The Morgan fingerprint density at radius 1 is 0.786 bits per heavy atom. The zero-order valence-corrected chi connectivity index (χ0v) is 15.1. The van der Waals surface area contributed by atoms with Crippen molar-refractivity contribution in [3.05, 3.63) is 99.1 Å². The number of rotatable bonds is 5. The largest absolute Gasteiger partial charge is 0.322 e. The molecule has 0 bridgehead atoms. The molecule has 3 rings (SSSR count). The van der Waals surface area contributed by atoms with Gasteiger partial charge in [-0.05, 0) is 42.5 Å². The second-order valence-electron chi connectivity index (χ2n) is 5.73. The number of nitrogens with zero attached hydrogens (tertiary/aromatic N) is 1. The number of nitro benzene ring substituents is 1. The minimum atomic E-state index is -0.681. The quantitative estimate of drug-likeness (QED) is 0.480. The van der Waals surface area contributed by atoms with Gasteiger partial charge in [0.15, 0.2) is 0 Å². The Bertz CT molecular complexity index is 1050. The van der Waals surface area contributed by atoms with Gasteiger partial charge in [-0.15, -0.1) is 0 Å². The van der Waals surface area contributed by atoms with Crippen LogP contribution >= 0.6 is 11.6 Å². The SMILES string of the molecule is O=C(Nc1ccc(Cl)cc1)c1ccccc1NC(=O)c1ccccc1[N+](=O)[O-]. The van der Waals surface area contributed by atoms with Crippen LogP contribution in [0.5, 0.6) is 0 Å². The number of carbonyl (C=O) groups is 2. The molecule has 0 spiro atoms. The van der Waals surface area contributed by atoms with E-state index in [0.29, 0.717) is 10.7 Å². The van der Waals surface area contributed by atoms with E-state index in [9.17, 15) is 19.7 Å². The number of halogens is 1. The van der Waals surface area contributed by atoms with Crippen LogP contribution in [0.1, 0.15) is 20.7 Å². The molecule has 7 nitrogen and oxygen atoms in total. The van der Waals surface area contributed by atoms with Crippen LogP contribution in [0.25, 0.3) is 0 Å². The van der Waals surface area contributed by atoms with Crippen molar-refractivity contribution in [3.8, 4) is 0 Å². The van der Waals surface area contributed by atoms with E-state index in [-0.39, 0.29) is 22.5 Å². The van der Waals surface area contributed by atoms with Crippen LogP contribution < -0.4 is 10.6 Å². The fraction of sp³-hybridized carbons (Fsp3) is 0. The molecule has 0 unspecified atom stereocenters. The smallest absolute Gasteiger partial charge is 0.282 e. The average molecular weight is 396 g/mol. The molecule has 3 aromatic carbocycles. The van der Waals surface area contributed by atoms with Crippen LogP contribution in [0.15, 0.2) is 72.8 Å². The first-order valence-electron chi connectivity index (χ1n) is 8.16. The monoisotopic (exact) mass is 395 g/mol. The summed E-state index contributed by atoms with van der Waals surface area (Å²) < 4.78 is 0. The molecule has 0 fully saturated rings. The van der Waals surface area contributed by atoms with E-state index in [1.165, 1.54) is 24.3 Å². The lowest BCUT2D eigenvalue weighted by Gasteiger charge is -2.12. The molecular formula is C20H14ClN3O4. The number of nitrogens with one attached hydrogen (secondary N) is 2. The number of para-hydroxylation sites is 2. The summed E-state index contributed by atoms with van der Waals surface area (Å²) in [6, 6.07) is 18.6. The topological polar surface area (TPSA) is 101 Å². The maximum Gasteiger partial charge on any atom is 0.282 e. The highest BCUT2D eigenvalue weighted by atomic mass is 35.5. The molecule has 0 saturated carbocycles. The fourth-order valence-corrected chi connectivity index (χ4v) is 2.66. The maximum absolute atomic E-state index is 12.6. The molecular weight excluding hydrogens is 382 g/mol. The second-order valence-corrected chi connectivity index (χ2v) is 6.17. The Balaban J connectivity index is 1.84. The number of hydrogen-bond acceptors (Lipinski definition) is 4. The zero-order valence-electron chi connectivity index (χ0n) is 14.4. The molecule has 0 aliphatic rings. The molecule has 140 valence electrons. The number of carbonyl (C=O) groups excluding carboxylic acids is 2. The van der Waals surface area contributed by atoms with E-state index in [4.69, 9.17) is 11.6 Å². The Morgan fingerprint density at radius 2 is 1.36 bits per heavy atom. The van der Waals surface area contributed by atoms with Crippen LogP contribution in [-0.4, -0.2) is 16.7 Å². The lowest BCUT2D eigenvalue weighted by molar-refractivity contribution is -0.385.